The van der Waals surface area contributed by atoms with Crippen molar-refractivity contribution in [3.8, 4) is 0 Å². The number of nitrogens with two attached hydrogens (primary N) is 1. The molecule has 0 aliphatic carbocycles. The Labute approximate surface area is 89.6 Å². The van der Waals surface area contributed by atoms with Crippen LogP contribution in [0, 0.1) is 5.92 Å². The van der Waals surface area contributed by atoms with E-state index in [4.69, 9.17) is 5.73 Å². The second-order valence-corrected chi connectivity index (χ2v) is 3.18. The van der Waals surface area contributed by atoms with Crippen LogP contribution in [0.3, 0.4) is 0 Å². The van der Waals surface area contributed by atoms with Crippen molar-refractivity contribution in [1.82, 2.24) is 0 Å². The van der Waals surface area contributed by atoms with Crippen molar-refractivity contribution >= 4 is 11.9 Å². The van der Waals surface area contributed by atoms with E-state index in [2.05, 4.69) is 9.78 Å². The Hall–Kier alpha value is -1.31. The first kappa shape index (κ1) is 14.7. The quantitative estimate of drug-likeness (QED) is 0.589. The van der Waals surface area contributed by atoms with E-state index in [0.29, 0.717) is 6.42 Å². The third-order valence-electron chi connectivity index (χ3n) is 1.96. The highest BCUT2D eigenvalue weighted by atomic mass is 19.4. The molecule has 0 fully saturated rings. The van der Waals surface area contributed by atoms with Gasteiger partial charge in [0, 0.05) is 0 Å². The van der Waals surface area contributed by atoms with Crippen molar-refractivity contribution in [2.75, 3.05) is 0 Å². The van der Waals surface area contributed by atoms with Gasteiger partial charge in [0.1, 0.15) is 6.04 Å². The molecule has 0 bridgehead atoms. The molecule has 0 aromatic heterocycles. The fourth-order valence-electron chi connectivity index (χ4n) is 0.668. The molecule has 0 amide bonds. The number of carbonyl (C=O) groups excluding carboxylic acids is 2. The topological polar surface area (TPSA) is 78.6 Å². The molecule has 0 aliphatic heterocycles. The maximum atomic E-state index is 11.6. The van der Waals surface area contributed by atoms with Crippen LogP contribution < -0.4 is 5.73 Å². The molecule has 16 heavy (non-hydrogen) atoms. The second kappa shape index (κ2) is 5.69. The molecule has 0 rings (SSSR count). The monoisotopic (exact) mass is 243 g/mol. The zero-order valence-electron chi connectivity index (χ0n) is 8.71. The van der Waals surface area contributed by atoms with Gasteiger partial charge in [0.05, 0.1) is 0 Å². The molecule has 2 atom stereocenters. The Morgan fingerprint density at radius 3 is 2.19 bits per heavy atom. The fourth-order valence-corrected chi connectivity index (χ4v) is 0.668. The van der Waals surface area contributed by atoms with Crippen LogP contribution in [0.25, 0.3) is 0 Å². The number of halogens is 3. The van der Waals surface area contributed by atoms with Gasteiger partial charge in [0.2, 0.25) is 0 Å². The average molecular weight is 243 g/mol. The van der Waals surface area contributed by atoms with Crippen molar-refractivity contribution in [2.45, 2.75) is 32.5 Å². The lowest BCUT2D eigenvalue weighted by molar-refractivity contribution is -0.287. The summed E-state index contributed by atoms with van der Waals surface area (Å²) in [5.74, 6) is -4.11. The van der Waals surface area contributed by atoms with Gasteiger partial charge >= 0.3 is 18.1 Å². The lowest BCUT2D eigenvalue weighted by Crippen LogP contribution is -2.39. The molecule has 0 aromatic carbocycles. The van der Waals surface area contributed by atoms with Gasteiger partial charge in [0.15, 0.2) is 0 Å². The summed E-state index contributed by atoms with van der Waals surface area (Å²) in [6.07, 6.45) is -4.68. The largest absolute Gasteiger partial charge is 0.495 e. The summed E-state index contributed by atoms with van der Waals surface area (Å²) in [5.41, 5.74) is 5.32. The van der Waals surface area contributed by atoms with Crippen LogP contribution >= 0.6 is 0 Å². The maximum absolute atomic E-state index is 11.6. The van der Waals surface area contributed by atoms with Crippen molar-refractivity contribution in [1.29, 1.82) is 0 Å². The van der Waals surface area contributed by atoms with Gasteiger partial charge < -0.3 is 5.73 Å². The lowest BCUT2D eigenvalue weighted by atomic mass is 10.0. The van der Waals surface area contributed by atoms with Gasteiger partial charge in [-0.15, -0.1) is 0 Å². The minimum atomic E-state index is -5.21. The molecule has 2 unspecified atom stereocenters. The minimum absolute atomic E-state index is 0.294. The molecule has 0 saturated carbocycles. The normalized spacial score (nSPS) is 15.1. The summed E-state index contributed by atoms with van der Waals surface area (Å²) >= 11 is 0. The van der Waals surface area contributed by atoms with E-state index < -0.39 is 24.2 Å². The number of hydrogen-bond acceptors (Lipinski definition) is 5. The molecule has 0 aromatic rings. The van der Waals surface area contributed by atoms with E-state index >= 15 is 0 Å². The average Bonchev–Trinajstić information content (AvgIpc) is 2.21. The molecule has 0 aliphatic rings. The van der Waals surface area contributed by atoms with E-state index in [0.717, 1.165) is 0 Å². The van der Waals surface area contributed by atoms with Crippen LogP contribution in [0.2, 0.25) is 0 Å². The number of carbonyl (C=O) groups is 2. The van der Waals surface area contributed by atoms with Gasteiger partial charge in [0.25, 0.3) is 0 Å². The summed E-state index contributed by atoms with van der Waals surface area (Å²) in [6.45, 7) is 3.34. The van der Waals surface area contributed by atoms with Gasteiger partial charge in [-0.25, -0.2) is 19.4 Å². The Morgan fingerprint density at radius 1 is 1.31 bits per heavy atom. The molecular weight excluding hydrogens is 231 g/mol. The van der Waals surface area contributed by atoms with Crippen LogP contribution in [0.4, 0.5) is 13.2 Å². The third-order valence-corrected chi connectivity index (χ3v) is 1.96. The van der Waals surface area contributed by atoms with Crippen molar-refractivity contribution in [2.24, 2.45) is 11.7 Å². The summed E-state index contributed by atoms with van der Waals surface area (Å²) in [7, 11) is 0. The SMILES string of the molecule is CCC(C)C(N)C(=O)OOC(=O)C(F)(F)F. The molecule has 0 spiro atoms. The molecule has 94 valence electrons. The second-order valence-electron chi connectivity index (χ2n) is 3.18. The Balaban J connectivity index is 4.13. The van der Waals surface area contributed by atoms with Gasteiger partial charge in [-0.1, -0.05) is 20.3 Å². The zero-order valence-corrected chi connectivity index (χ0v) is 8.71. The Bertz CT molecular complexity index is 266. The molecule has 8 heteroatoms. The van der Waals surface area contributed by atoms with Crippen LogP contribution in [0.1, 0.15) is 20.3 Å². The first-order chi connectivity index (χ1) is 7.20. The van der Waals surface area contributed by atoms with Crippen molar-refractivity contribution in [3.05, 3.63) is 0 Å². The molecule has 2 N–H and O–H groups in total. The fraction of sp³-hybridized carbons (Fsp3) is 0.750. The van der Waals surface area contributed by atoms with Crippen molar-refractivity contribution < 1.29 is 32.5 Å². The van der Waals surface area contributed by atoms with E-state index in [1.165, 1.54) is 0 Å². The van der Waals surface area contributed by atoms with Gasteiger partial charge in [-0.05, 0) is 5.92 Å². The predicted octanol–water partition coefficient (Wildman–Crippen LogP) is 0.923. The van der Waals surface area contributed by atoms with Crippen LogP contribution in [0.15, 0.2) is 0 Å². The molecule has 0 radical (unpaired) electrons. The Kier molecular flexibility index (Phi) is 5.22. The van der Waals surface area contributed by atoms with Crippen molar-refractivity contribution in [3.63, 3.8) is 0 Å². The smallest absolute Gasteiger partial charge is 0.318 e. The lowest BCUT2D eigenvalue weighted by Gasteiger charge is -2.15. The van der Waals surface area contributed by atoms with E-state index in [9.17, 15) is 22.8 Å². The first-order valence-corrected chi connectivity index (χ1v) is 4.45. The number of hydrogen-bond donors (Lipinski definition) is 1. The highest BCUT2D eigenvalue weighted by Gasteiger charge is 2.43. The zero-order chi connectivity index (χ0) is 12.9. The minimum Gasteiger partial charge on any atom is -0.318 e. The van der Waals surface area contributed by atoms with E-state index in [-0.39, 0.29) is 5.92 Å². The summed E-state index contributed by atoms with van der Waals surface area (Å²) in [4.78, 5) is 28.1. The van der Waals surface area contributed by atoms with Crippen LogP contribution in [-0.4, -0.2) is 24.2 Å². The first-order valence-electron chi connectivity index (χ1n) is 4.45. The third kappa shape index (κ3) is 4.47. The summed E-state index contributed by atoms with van der Waals surface area (Å²) < 4.78 is 34.9. The molecule has 5 nitrogen and oxygen atoms in total. The van der Waals surface area contributed by atoms with Gasteiger partial charge in [-0.3, -0.25) is 0 Å². The van der Waals surface area contributed by atoms with Crippen LogP contribution in [0.5, 0.6) is 0 Å². The highest BCUT2D eigenvalue weighted by Crippen LogP contribution is 2.17. The van der Waals surface area contributed by atoms with Crippen LogP contribution in [-0.2, 0) is 19.4 Å². The maximum Gasteiger partial charge on any atom is 0.495 e. The molecule has 0 heterocycles. The van der Waals surface area contributed by atoms with E-state index in [1.54, 1.807) is 13.8 Å². The molecular formula is C8H12F3NO4. The highest BCUT2D eigenvalue weighted by molar-refractivity contribution is 5.79. The van der Waals surface area contributed by atoms with Gasteiger partial charge in [-0.2, -0.15) is 13.2 Å². The molecule has 0 saturated heterocycles. The van der Waals surface area contributed by atoms with E-state index in [1.807, 2.05) is 0 Å². The summed E-state index contributed by atoms with van der Waals surface area (Å²) in [6, 6.07) is -1.13. The standard InChI is InChI=1S/C8H12F3NO4/c1-3-4(2)5(12)6(13)15-16-7(14)8(9,10)11/h4-5H,3,12H2,1-2H3. The Morgan fingerprint density at radius 2 is 1.81 bits per heavy atom. The predicted molar refractivity (Wildman–Crippen MR) is 45.7 cm³/mol. The summed E-state index contributed by atoms with van der Waals surface area (Å²) in [5, 5.41) is 0. The number of alkyl halides is 3. The number of rotatable bonds is 3.